The topological polar surface area (TPSA) is 32.8 Å². The van der Waals surface area contributed by atoms with Gasteiger partial charge in [0.2, 0.25) is 0 Å². The Labute approximate surface area is 136 Å². The molecule has 0 N–H and O–H groups in total. The van der Waals surface area contributed by atoms with Crippen molar-refractivity contribution in [3.8, 4) is 0 Å². The van der Waals surface area contributed by atoms with Crippen LogP contribution in [-0.4, -0.2) is 47.3 Å². The molecule has 1 aliphatic rings. The first-order valence-electron chi connectivity index (χ1n) is 6.98. The summed E-state index contributed by atoms with van der Waals surface area (Å²) in [6.45, 7) is 3.01. The summed E-state index contributed by atoms with van der Waals surface area (Å²) in [5.74, 6) is 0.783. The average Bonchev–Trinajstić information content (AvgIpc) is 2.73. The zero-order valence-electron chi connectivity index (χ0n) is 12.3. The van der Waals surface area contributed by atoms with E-state index in [0.717, 1.165) is 5.56 Å². The molecule has 1 fully saturated rings. The van der Waals surface area contributed by atoms with Crippen LogP contribution in [-0.2, 0) is 9.09 Å². The fraction of sp³-hybridized carbons (Fsp3) is 0.571. The summed E-state index contributed by atoms with van der Waals surface area (Å²) in [4.78, 5) is 0. The van der Waals surface area contributed by atoms with E-state index in [1.54, 1.807) is 4.67 Å². The van der Waals surface area contributed by atoms with E-state index in [0.29, 0.717) is 24.8 Å². The van der Waals surface area contributed by atoms with Gasteiger partial charge in [-0.15, -0.1) is 23.2 Å². The normalized spacial score (nSPS) is 30.1. The predicted octanol–water partition coefficient (Wildman–Crippen LogP) is 3.97. The molecule has 118 valence electrons. The van der Waals surface area contributed by atoms with Gasteiger partial charge in [0.05, 0.1) is 0 Å². The summed E-state index contributed by atoms with van der Waals surface area (Å²) < 4.78 is 22.9. The van der Waals surface area contributed by atoms with E-state index in [2.05, 4.69) is 0 Å². The zero-order chi connectivity index (χ0) is 15.5. The second-order valence-corrected chi connectivity index (χ2v) is 8.22. The molecule has 0 spiro atoms. The molecule has 1 heterocycles. The molecular formula is C14H21Cl2N2O2P. The van der Waals surface area contributed by atoms with Crippen molar-refractivity contribution in [1.82, 2.24) is 9.34 Å². The summed E-state index contributed by atoms with van der Waals surface area (Å²) in [6, 6.07) is 9.90. The van der Waals surface area contributed by atoms with Gasteiger partial charge >= 0.3 is 7.67 Å². The van der Waals surface area contributed by atoms with Crippen molar-refractivity contribution in [3.63, 3.8) is 0 Å². The number of nitrogens with zero attached hydrogens (tertiary/aromatic N) is 2. The number of hydrogen-bond donors (Lipinski definition) is 0. The van der Waals surface area contributed by atoms with Gasteiger partial charge in [-0.1, -0.05) is 30.3 Å². The molecule has 4 nitrogen and oxygen atoms in total. The zero-order valence-corrected chi connectivity index (χ0v) is 14.7. The van der Waals surface area contributed by atoms with Gasteiger partial charge in [-0.2, -0.15) is 0 Å². The molecule has 0 bridgehead atoms. The summed E-state index contributed by atoms with van der Waals surface area (Å²) in [6.07, 6.45) is -0.213. The number of halogens is 2. The minimum Gasteiger partial charge on any atom is -0.296 e. The lowest BCUT2D eigenvalue weighted by molar-refractivity contribution is 0.198. The molecule has 0 aromatic heterocycles. The van der Waals surface area contributed by atoms with Gasteiger partial charge in [0.25, 0.3) is 0 Å². The maximum absolute atomic E-state index is 13.3. The van der Waals surface area contributed by atoms with Crippen LogP contribution in [0.5, 0.6) is 0 Å². The maximum Gasteiger partial charge on any atom is 0.346 e. The van der Waals surface area contributed by atoms with Crippen molar-refractivity contribution in [3.05, 3.63) is 35.9 Å². The number of likely N-dealkylation sites (N-methyl/N-ethyl adjacent to an activating group) is 1. The lowest BCUT2D eigenvalue weighted by atomic mass is 10.0. The van der Waals surface area contributed by atoms with Gasteiger partial charge in [-0.25, -0.2) is 9.34 Å². The molecule has 7 heteroatoms. The molecule has 1 aromatic carbocycles. The Morgan fingerprint density at radius 2 is 1.81 bits per heavy atom. The average molecular weight is 351 g/mol. The van der Waals surface area contributed by atoms with Crippen LogP contribution in [0.2, 0.25) is 0 Å². The summed E-state index contributed by atoms with van der Waals surface area (Å²) >= 11 is 11.7. The van der Waals surface area contributed by atoms with E-state index in [1.807, 2.05) is 49.0 Å². The first kappa shape index (κ1) is 17.3. The minimum absolute atomic E-state index is 0.0198. The molecule has 3 atom stereocenters. The number of alkyl halides is 2. The monoisotopic (exact) mass is 350 g/mol. The molecule has 21 heavy (non-hydrogen) atoms. The molecule has 0 radical (unpaired) electrons. The molecular weight excluding hydrogens is 330 g/mol. The first-order chi connectivity index (χ1) is 10.0. The molecule has 0 amide bonds. The van der Waals surface area contributed by atoms with Gasteiger partial charge in [-0.3, -0.25) is 9.09 Å². The fourth-order valence-electron chi connectivity index (χ4n) is 2.54. The van der Waals surface area contributed by atoms with Gasteiger partial charge in [0.1, 0.15) is 6.10 Å². The third-order valence-corrected chi connectivity index (χ3v) is 6.96. The second-order valence-electron chi connectivity index (χ2n) is 5.07. The van der Waals surface area contributed by atoms with Crippen LogP contribution >= 0.6 is 30.9 Å². The molecule has 2 rings (SSSR count). The number of rotatable bonds is 6. The highest BCUT2D eigenvalue weighted by Gasteiger charge is 2.50. The van der Waals surface area contributed by atoms with E-state index in [-0.39, 0.29) is 12.1 Å². The SMILES string of the molecule is C[C@@H]1[C@@H](c2ccccc2)O[P@@](=O)(N(CCCl)CCCl)N1C. The van der Waals surface area contributed by atoms with Crippen LogP contribution in [0.25, 0.3) is 0 Å². The van der Waals surface area contributed by atoms with E-state index in [4.69, 9.17) is 27.7 Å². The molecule has 0 unspecified atom stereocenters. The Bertz CT molecular complexity index is 497. The lowest BCUT2D eigenvalue weighted by Gasteiger charge is -2.30. The van der Waals surface area contributed by atoms with E-state index in [1.165, 1.54) is 0 Å². The van der Waals surface area contributed by atoms with Crippen LogP contribution in [0.3, 0.4) is 0 Å². The number of benzene rings is 1. The van der Waals surface area contributed by atoms with Crippen molar-refractivity contribution < 1.29 is 9.09 Å². The van der Waals surface area contributed by atoms with Crippen LogP contribution in [0.15, 0.2) is 30.3 Å². The molecule has 1 saturated heterocycles. The Hall–Kier alpha value is -0.0900. The Balaban J connectivity index is 2.27. The highest BCUT2D eigenvalue weighted by atomic mass is 35.5. The summed E-state index contributed by atoms with van der Waals surface area (Å²) in [5.41, 5.74) is 1.03. The standard InChI is InChI=1S/C14H21Cl2N2O2P/c1-12-14(13-6-4-3-5-7-13)20-21(19,17(12)2)18(10-8-15)11-9-16/h3-7,12,14H,8-11H2,1-2H3/t12-,14+,21-/m1/s1. The minimum atomic E-state index is -3.08. The highest BCUT2D eigenvalue weighted by molar-refractivity contribution is 7.54. The quantitative estimate of drug-likeness (QED) is 0.574. The van der Waals surface area contributed by atoms with Gasteiger partial charge in [0.15, 0.2) is 0 Å². The largest absolute Gasteiger partial charge is 0.346 e. The van der Waals surface area contributed by atoms with Crippen LogP contribution in [0, 0.1) is 0 Å². The summed E-state index contributed by atoms with van der Waals surface area (Å²) in [7, 11) is -1.25. The maximum atomic E-state index is 13.3. The van der Waals surface area contributed by atoms with E-state index >= 15 is 0 Å². The Morgan fingerprint density at radius 3 is 2.33 bits per heavy atom. The van der Waals surface area contributed by atoms with Crippen molar-refractivity contribution in [2.75, 3.05) is 31.9 Å². The van der Waals surface area contributed by atoms with E-state index in [9.17, 15) is 4.57 Å². The fourth-order valence-corrected chi connectivity index (χ4v) is 5.75. The first-order valence-corrected chi connectivity index (χ1v) is 9.58. The predicted molar refractivity (Wildman–Crippen MR) is 88.1 cm³/mol. The molecule has 0 aliphatic carbocycles. The third kappa shape index (κ3) is 3.47. The smallest absolute Gasteiger partial charge is 0.296 e. The van der Waals surface area contributed by atoms with Gasteiger partial charge in [-0.05, 0) is 19.5 Å². The van der Waals surface area contributed by atoms with Crippen molar-refractivity contribution >= 4 is 30.9 Å². The Kier molecular flexibility index (Phi) is 6.13. The third-order valence-electron chi connectivity index (χ3n) is 3.85. The number of hydrogen-bond acceptors (Lipinski definition) is 2. The van der Waals surface area contributed by atoms with Crippen molar-refractivity contribution in [1.29, 1.82) is 0 Å². The van der Waals surface area contributed by atoms with Crippen molar-refractivity contribution in [2.45, 2.75) is 19.1 Å². The van der Waals surface area contributed by atoms with Crippen LogP contribution in [0.1, 0.15) is 18.6 Å². The van der Waals surface area contributed by atoms with E-state index < -0.39 is 7.67 Å². The van der Waals surface area contributed by atoms with Crippen LogP contribution < -0.4 is 0 Å². The van der Waals surface area contributed by atoms with Gasteiger partial charge in [0, 0.05) is 30.9 Å². The molecule has 0 saturated carbocycles. The van der Waals surface area contributed by atoms with Crippen LogP contribution in [0.4, 0.5) is 0 Å². The highest BCUT2D eigenvalue weighted by Crippen LogP contribution is 2.64. The van der Waals surface area contributed by atoms with Gasteiger partial charge < -0.3 is 0 Å². The summed E-state index contributed by atoms with van der Waals surface area (Å²) in [5, 5.41) is 0. The van der Waals surface area contributed by atoms with Crippen molar-refractivity contribution in [2.24, 2.45) is 0 Å². The lowest BCUT2D eigenvalue weighted by Crippen LogP contribution is -2.32. The second kappa shape index (κ2) is 7.45. The molecule has 1 aromatic rings. The Morgan fingerprint density at radius 1 is 1.24 bits per heavy atom. The molecule has 1 aliphatic heterocycles.